The second-order valence-electron chi connectivity index (χ2n) is 8.34. The molecule has 1 heterocycles. The summed E-state index contributed by atoms with van der Waals surface area (Å²) < 4.78 is 13.3. The number of carbonyl (C=O) groups excluding carboxylic acids is 2. The molecule has 2 aromatic carbocycles. The van der Waals surface area contributed by atoms with E-state index in [1.165, 1.54) is 52.6 Å². The third kappa shape index (κ3) is 6.95. The van der Waals surface area contributed by atoms with Crippen LogP contribution in [0, 0.1) is 21.8 Å². The molecule has 178 valence electrons. The van der Waals surface area contributed by atoms with Crippen LogP contribution in [0.3, 0.4) is 0 Å². The zero-order valence-electron chi connectivity index (χ0n) is 19.0. The minimum absolute atomic E-state index is 0.107. The van der Waals surface area contributed by atoms with E-state index in [0.717, 1.165) is 10.4 Å². The molecular weight excluding hydrogens is 457 g/mol. The molecule has 9 heteroatoms. The van der Waals surface area contributed by atoms with E-state index < -0.39 is 4.92 Å². The van der Waals surface area contributed by atoms with E-state index >= 15 is 0 Å². The fourth-order valence-corrected chi connectivity index (χ4v) is 4.18. The normalized spacial score (nSPS) is 10.8. The van der Waals surface area contributed by atoms with Crippen molar-refractivity contribution in [1.29, 1.82) is 0 Å². The molecule has 0 fully saturated rings. The van der Waals surface area contributed by atoms with Gasteiger partial charge in [0.15, 0.2) is 0 Å². The molecule has 1 aromatic heterocycles. The molecule has 0 unspecified atom stereocenters. The minimum Gasteiger partial charge on any atom is -0.332 e. The van der Waals surface area contributed by atoms with E-state index in [1.54, 1.807) is 17.0 Å². The molecule has 0 radical (unpaired) electrons. The van der Waals surface area contributed by atoms with E-state index in [2.05, 4.69) is 0 Å². The van der Waals surface area contributed by atoms with Gasteiger partial charge in [0.05, 0.1) is 11.5 Å². The Kier molecular flexibility index (Phi) is 8.48. The highest BCUT2D eigenvalue weighted by atomic mass is 32.1. The molecule has 0 atom stereocenters. The Bertz CT molecular complexity index is 1120. The van der Waals surface area contributed by atoms with Gasteiger partial charge in [0, 0.05) is 35.7 Å². The van der Waals surface area contributed by atoms with Gasteiger partial charge < -0.3 is 9.80 Å². The highest BCUT2D eigenvalue weighted by molar-refractivity contribution is 7.09. The van der Waals surface area contributed by atoms with Gasteiger partial charge in [-0.1, -0.05) is 32.0 Å². The van der Waals surface area contributed by atoms with Crippen LogP contribution in [-0.4, -0.2) is 39.6 Å². The number of hydrogen-bond acceptors (Lipinski definition) is 5. The van der Waals surface area contributed by atoms with E-state index in [1.807, 2.05) is 31.4 Å². The smallest absolute Gasteiger partial charge is 0.269 e. The van der Waals surface area contributed by atoms with Crippen LogP contribution < -0.4 is 0 Å². The number of amides is 2. The van der Waals surface area contributed by atoms with Crippen molar-refractivity contribution in [3.8, 4) is 0 Å². The summed E-state index contributed by atoms with van der Waals surface area (Å²) in [5, 5.41) is 12.9. The largest absolute Gasteiger partial charge is 0.332 e. The molecule has 0 aliphatic heterocycles. The van der Waals surface area contributed by atoms with Crippen molar-refractivity contribution >= 4 is 28.8 Å². The van der Waals surface area contributed by atoms with Gasteiger partial charge in [-0.05, 0) is 47.2 Å². The lowest BCUT2D eigenvalue weighted by Gasteiger charge is -2.29. The number of nitro benzene ring substituents is 1. The maximum absolute atomic E-state index is 13.4. The van der Waals surface area contributed by atoms with Crippen LogP contribution in [0.5, 0.6) is 0 Å². The zero-order chi connectivity index (χ0) is 24.7. The predicted molar refractivity (Wildman–Crippen MR) is 129 cm³/mol. The molecule has 7 nitrogen and oxygen atoms in total. The Morgan fingerprint density at radius 3 is 2.24 bits per heavy atom. The number of nitrogens with zero attached hydrogens (tertiary/aromatic N) is 3. The fraction of sp³-hybridized carbons (Fsp3) is 0.280. The molecule has 0 bridgehead atoms. The van der Waals surface area contributed by atoms with Gasteiger partial charge in [-0.2, -0.15) is 0 Å². The first-order valence-corrected chi connectivity index (χ1v) is 11.7. The number of nitro groups is 1. The molecule has 3 rings (SSSR count). The number of halogens is 1. The lowest BCUT2D eigenvalue weighted by molar-refractivity contribution is -0.384. The minimum atomic E-state index is -0.526. The van der Waals surface area contributed by atoms with Crippen LogP contribution in [0.4, 0.5) is 10.1 Å². The number of non-ortho nitro benzene ring substituents is 1. The van der Waals surface area contributed by atoms with Crippen LogP contribution in [-0.2, 0) is 17.9 Å². The fourth-order valence-electron chi connectivity index (χ4n) is 3.46. The maximum atomic E-state index is 13.4. The van der Waals surface area contributed by atoms with Crippen LogP contribution in [0.1, 0.15) is 34.6 Å². The molecule has 2 amide bonds. The van der Waals surface area contributed by atoms with E-state index in [4.69, 9.17) is 0 Å². The summed E-state index contributed by atoms with van der Waals surface area (Å²) in [4.78, 5) is 41.1. The summed E-state index contributed by atoms with van der Waals surface area (Å²) in [5.74, 6) is -0.849. The molecule has 0 aliphatic rings. The predicted octanol–water partition coefficient (Wildman–Crippen LogP) is 5.12. The number of rotatable bonds is 10. The summed E-state index contributed by atoms with van der Waals surface area (Å²) in [6.07, 6.45) is 0. The Balaban J connectivity index is 1.80. The molecule has 0 saturated heterocycles. The Labute approximate surface area is 201 Å². The van der Waals surface area contributed by atoms with E-state index in [0.29, 0.717) is 13.1 Å². The van der Waals surface area contributed by atoms with Gasteiger partial charge in [-0.15, -0.1) is 11.3 Å². The number of carbonyl (C=O) groups is 2. The number of benzene rings is 2. The molecule has 0 saturated carbocycles. The van der Waals surface area contributed by atoms with Gasteiger partial charge in [0.25, 0.3) is 11.6 Å². The third-order valence-electron chi connectivity index (χ3n) is 5.09. The summed E-state index contributed by atoms with van der Waals surface area (Å²) in [6.45, 7) is 4.75. The van der Waals surface area contributed by atoms with Gasteiger partial charge in [0.2, 0.25) is 5.91 Å². The highest BCUT2D eigenvalue weighted by Crippen LogP contribution is 2.18. The quantitative estimate of drug-likeness (QED) is 0.296. The van der Waals surface area contributed by atoms with Crippen LogP contribution in [0.15, 0.2) is 66.0 Å². The van der Waals surface area contributed by atoms with Crippen molar-refractivity contribution in [2.45, 2.75) is 26.9 Å². The Morgan fingerprint density at radius 2 is 1.68 bits per heavy atom. The monoisotopic (exact) mass is 483 g/mol. The first-order chi connectivity index (χ1) is 16.2. The second-order valence-corrected chi connectivity index (χ2v) is 9.37. The van der Waals surface area contributed by atoms with Crippen molar-refractivity contribution in [2.24, 2.45) is 5.92 Å². The average Bonchev–Trinajstić information content (AvgIpc) is 3.32. The Hall–Kier alpha value is -3.59. The zero-order valence-corrected chi connectivity index (χ0v) is 19.8. The standard InChI is InChI=1S/C25H26FN3O4S/c1-18(2)14-28(25(31)20-7-11-22(12-8-20)29(32)33)17-24(30)27(16-23-4-3-13-34-23)15-19-5-9-21(26)10-6-19/h3-13,18H,14-17H2,1-2H3. The second kappa shape index (κ2) is 11.5. The van der Waals surface area contributed by atoms with E-state index in [9.17, 15) is 24.1 Å². The van der Waals surface area contributed by atoms with Crippen molar-refractivity contribution in [2.75, 3.05) is 13.1 Å². The molecule has 0 spiro atoms. The molecular formula is C25H26FN3O4S. The van der Waals surface area contributed by atoms with Crippen LogP contribution in [0.25, 0.3) is 0 Å². The van der Waals surface area contributed by atoms with Crippen LogP contribution >= 0.6 is 11.3 Å². The molecule has 34 heavy (non-hydrogen) atoms. The summed E-state index contributed by atoms with van der Waals surface area (Å²) in [5.41, 5.74) is 0.954. The Morgan fingerprint density at radius 1 is 1.00 bits per heavy atom. The first kappa shape index (κ1) is 25.0. The molecule has 0 N–H and O–H groups in total. The number of thiophene rings is 1. The lowest BCUT2D eigenvalue weighted by Crippen LogP contribution is -2.43. The lowest BCUT2D eigenvalue weighted by atomic mass is 10.1. The van der Waals surface area contributed by atoms with Crippen LogP contribution in [0.2, 0.25) is 0 Å². The SMILES string of the molecule is CC(C)CN(CC(=O)N(Cc1ccc(F)cc1)Cc1cccs1)C(=O)c1ccc([N+](=O)[O-])cc1. The molecule has 0 aliphatic carbocycles. The summed E-state index contributed by atoms with van der Waals surface area (Å²) in [6, 6.07) is 15.2. The van der Waals surface area contributed by atoms with Gasteiger partial charge in [0.1, 0.15) is 12.4 Å². The third-order valence-corrected chi connectivity index (χ3v) is 5.95. The van der Waals surface area contributed by atoms with E-state index in [-0.39, 0.29) is 47.9 Å². The van der Waals surface area contributed by atoms with Crippen molar-refractivity contribution < 1.29 is 18.9 Å². The maximum Gasteiger partial charge on any atom is 0.269 e. The first-order valence-electron chi connectivity index (χ1n) is 10.8. The highest BCUT2D eigenvalue weighted by Gasteiger charge is 2.24. The topological polar surface area (TPSA) is 83.8 Å². The van der Waals surface area contributed by atoms with Gasteiger partial charge in [-0.3, -0.25) is 19.7 Å². The van der Waals surface area contributed by atoms with Gasteiger partial charge >= 0.3 is 0 Å². The average molecular weight is 484 g/mol. The van der Waals surface area contributed by atoms with Crippen molar-refractivity contribution in [1.82, 2.24) is 9.80 Å². The summed E-state index contributed by atoms with van der Waals surface area (Å²) >= 11 is 1.53. The summed E-state index contributed by atoms with van der Waals surface area (Å²) in [7, 11) is 0. The van der Waals surface area contributed by atoms with Gasteiger partial charge in [-0.25, -0.2) is 4.39 Å². The number of hydrogen-bond donors (Lipinski definition) is 0. The van der Waals surface area contributed by atoms with Crippen molar-refractivity contribution in [3.63, 3.8) is 0 Å². The van der Waals surface area contributed by atoms with Crippen molar-refractivity contribution in [3.05, 3.63) is 98.0 Å². The molecule has 3 aromatic rings.